The first-order chi connectivity index (χ1) is 25.5. The zero-order valence-corrected chi connectivity index (χ0v) is 33.5. The van der Waals surface area contributed by atoms with Crippen LogP contribution < -0.4 is 0 Å². The molecule has 0 fully saturated rings. The van der Waals surface area contributed by atoms with Gasteiger partial charge in [0.25, 0.3) is 0 Å². The summed E-state index contributed by atoms with van der Waals surface area (Å²) < 4.78 is 16.6. The zero-order chi connectivity index (χ0) is 38.0. The van der Waals surface area contributed by atoms with Crippen molar-refractivity contribution in [2.24, 2.45) is 0 Å². The molecule has 1 unspecified atom stereocenters. The highest BCUT2D eigenvalue weighted by Crippen LogP contribution is 2.12. The summed E-state index contributed by atoms with van der Waals surface area (Å²) in [6.45, 7) is 6.33. The van der Waals surface area contributed by atoms with Crippen LogP contribution in [0.25, 0.3) is 0 Å². The van der Waals surface area contributed by atoms with Crippen molar-refractivity contribution in [1.82, 2.24) is 0 Å². The van der Waals surface area contributed by atoms with E-state index in [1.807, 2.05) is 24.3 Å². The summed E-state index contributed by atoms with van der Waals surface area (Å²) in [7, 11) is 0. The van der Waals surface area contributed by atoms with E-state index in [2.05, 4.69) is 69.4 Å². The minimum Gasteiger partial charge on any atom is -0.462 e. The van der Waals surface area contributed by atoms with Gasteiger partial charge in [-0.05, 0) is 77.0 Å². The zero-order valence-electron chi connectivity index (χ0n) is 33.5. The van der Waals surface area contributed by atoms with E-state index in [0.717, 1.165) is 96.3 Å². The highest BCUT2D eigenvalue weighted by Gasteiger charge is 2.19. The highest BCUT2D eigenvalue weighted by atomic mass is 16.6. The number of carbonyl (C=O) groups is 3. The van der Waals surface area contributed by atoms with Gasteiger partial charge in [-0.3, -0.25) is 14.4 Å². The maximum absolute atomic E-state index is 12.6. The Kier molecular flexibility index (Phi) is 38.2. The molecule has 0 rings (SSSR count). The highest BCUT2D eigenvalue weighted by molar-refractivity contribution is 5.71. The van der Waals surface area contributed by atoms with Crippen molar-refractivity contribution in [3.05, 3.63) is 72.9 Å². The van der Waals surface area contributed by atoms with Gasteiger partial charge in [0, 0.05) is 19.3 Å². The molecule has 6 heteroatoms. The maximum Gasteiger partial charge on any atom is 0.306 e. The Morgan fingerprint density at radius 2 is 0.808 bits per heavy atom. The van der Waals surface area contributed by atoms with Crippen molar-refractivity contribution < 1.29 is 28.6 Å². The molecule has 6 nitrogen and oxygen atoms in total. The van der Waals surface area contributed by atoms with Crippen LogP contribution in [0.1, 0.15) is 181 Å². The molecule has 0 aliphatic rings. The molecule has 52 heavy (non-hydrogen) atoms. The summed E-state index contributed by atoms with van der Waals surface area (Å²) in [5.74, 6) is -0.984. The van der Waals surface area contributed by atoms with Gasteiger partial charge in [0.15, 0.2) is 6.10 Å². The van der Waals surface area contributed by atoms with Crippen molar-refractivity contribution >= 4 is 17.9 Å². The molecule has 0 aliphatic heterocycles. The van der Waals surface area contributed by atoms with Gasteiger partial charge in [-0.15, -0.1) is 0 Å². The fourth-order valence-electron chi connectivity index (χ4n) is 5.32. The van der Waals surface area contributed by atoms with Crippen LogP contribution in [0.5, 0.6) is 0 Å². The van der Waals surface area contributed by atoms with Gasteiger partial charge >= 0.3 is 17.9 Å². The Bertz CT molecular complexity index is 1020. The first kappa shape index (κ1) is 48.9. The lowest BCUT2D eigenvalue weighted by atomic mass is 10.1. The third kappa shape index (κ3) is 38.1. The monoisotopic (exact) mass is 725 g/mol. The van der Waals surface area contributed by atoms with Crippen LogP contribution in [0.2, 0.25) is 0 Å². The van der Waals surface area contributed by atoms with E-state index in [0.29, 0.717) is 25.7 Å². The molecule has 0 N–H and O–H groups in total. The van der Waals surface area contributed by atoms with Crippen molar-refractivity contribution in [2.45, 2.75) is 187 Å². The summed E-state index contributed by atoms with van der Waals surface area (Å²) in [6.07, 6.45) is 48.9. The van der Waals surface area contributed by atoms with Crippen molar-refractivity contribution in [3.63, 3.8) is 0 Å². The van der Waals surface area contributed by atoms with Gasteiger partial charge in [-0.1, -0.05) is 158 Å². The number of carbonyl (C=O) groups excluding carboxylic acids is 3. The minimum absolute atomic E-state index is 0.102. The van der Waals surface area contributed by atoms with E-state index in [1.165, 1.54) is 38.5 Å². The van der Waals surface area contributed by atoms with Gasteiger partial charge in [-0.2, -0.15) is 0 Å². The predicted octanol–water partition coefficient (Wildman–Crippen LogP) is 13.1. The van der Waals surface area contributed by atoms with Gasteiger partial charge in [0.1, 0.15) is 13.2 Å². The molecule has 0 amide bonds. The van der Waals surface area contributed by atoms with Crippen LogP contribution >= 0.6 is 0 Å². The average molecular weight is 725 g/mol. The summed E-state index contributed by atoms with van der Waals surface area (Å²) in [5.41, 5.74) is 0. The fraction of sp³-hybridized carbons (Fsp3) is 0.674. The molecule has 0 aromatic carbocycles. The number of hydrogen-bond donors (Lipinski definition) is 0. The molecule has 1 atom stereocenters. The Labute approximate surface area is 319 Å². The third-order valence-corrected chi connectivity index (χ3v) is 8.51. The van der Waals surface area contributed by atoms with E-state index in [4.69, 9.17) is 14.2 Å². The van der Waals surface area contributed by atoms with E-state index >= 15 is 0 Å². The predicted molar refractivity (Wildman–Crippen MR) is 219 cm³/mol. The minimum atomic E-state index is -0.798. The molecule has 0 spiro atoms. The van der Waals surface area contributed by atoms with E-state index in [-0.39, 0.29) is 31.1 Å². The molecule has 0 aromatic heterocycles. The SMILES string of the molecule is CC\C=C/C=C\C=C/C=C\CCCCCCCC(=O)OCC(COC(=O)CCC/C=C\CCCCCC)OC(=O)CCCCCC/C=C\CCCC. The molecular weight excluding hydrogens is 648 g/mol. The van der Waals surface area contributed by atoms with Crippen molar-refractivity contribution in [2.75, 3.05) is 13.2 Å². The molecular formula is C46H76O6. The summed E-state index contributed by atoms with van der Waals surface area (Å²) >= 11 is 0. The standard InChI is InChI=1S/C46H76O6/c1-4-7-10-13-16-19-21-22-23-24-25-28-30-33-36-39-45(48)51-42-43(41-50-44(47)38-35-32-29-26-18-15-12-9-6-3)52-46(49)40-37-34-31-27-20-17-14-11-8-5-2/h7,10,13-14,16-17,19,21-23,26,29,43H,4-6,8-9,11-12,15,18,20,24-25,27-28,30-42H2,1-3H3/b10-7-,16-13-,17-14-,21-19-,23-22-,29-26-. The van der Waals surface area contributed by atoms with Crippen LogP contribution in [0.3, 0.4) is 0 Å². The van der Waals surface area contributed by atoms with Gasteiger partial charge in [0.2, 0.25) is 0 Å². The second-order valence-electron chi connectivity index (χ2n) is 13.6. The Balaban J connectivity index is 4.45. The van der Waals surface area contributed by atoms with Crippen LogP contribution in [0.4, 0.5) is 0 Å². The first-order valence-corrected chi connectivity index (χ1v) is 21.0. The quantitative estimate of drug-likeness (QED) is 0.0210. The van der Waals surface area contributed by atoms with Crippen LogP contribution in [0, 0.1) is 0 Å². The maximum atomic E-state index is 12.6. The summed E-state index contributed by atoms with van der Waals surface area (Å²) in [5, 5.41) is 0. The van der Waals surface area contributed by atoms with Crippen LogP contribution in [-0.2, 0) is 28.6 Å². The second kappa shape index (κ2) is 40.6. The van der Waals surface area contributed by atoms with Crippen LogP contribution in [0.15, 0.2) is 72.9 Å². The normalized spacial score (nSPS) is 12.8. The second-order valence-corrected chi connectivity index (χ2v) is 13.6. The Morgan fingerprint density at radius 1 is 0.404 bits per heavy atom. The summed E-state index contributed by atoms with van der Waals surface area (Å²) in [6, 6.07) is 0. The van der Waals surface area contributed by atoms with Gasteiger partial charge in [0.05, 0.1) is 0 Å². The fourth-order valence-corrected chi connectivity index (χ4v) is 5.32. The van der Waals surface area contributed by atoms with Gasteiger partial charge in [-0.25, -0.2) is 0 Å². The number of ether oxygens (including phenoxy) is 3. The molecule has 0 heterocycles. The first-order valence-electron chi connectivity index (χ1n) is 21.0. The number of allylic oxidation sites excluding steroid dienone is 12. The smallest absolute Gasteiger partial charge is 0.306 e. The summed E-state index contributed by atoms with van der Waals surface area (Å²) in [4.78, 5) is 37.5. The number of hydrogen-bond acceptors (Lipinski definition) is 6. The van der Waals surface area contributed by atoms with Gasteiger partial charge < -0.3 is 14.2 Å². The number of unbranched alkanes of at least 4 members (excludes halogenated alkanes) is 16. The Morgan fingerprint density at radius 3 is 1.37 bits per heavy atom. The molecule has 0 radical (unpaired) electrons. The Hall–Kier alpha value is -3.15. The van der Waals surface area contributed by atoms with E-state index < -0.39 is 6.10 Å². The van der Waals surface area contributed by atoms with E-state index in [9.17, 15) is 14.4 Å². The largest absolute Gasteiger partial charge is 0.462 e. The van der Waals surface area contributed by atoms with Crippen LogP contribution in [-0.4, -0.2) is 37.2 Å². The molecule has 0 saturated heterocycles. The van der Waals surface area contributed by atoms with Crippen molar-refractivity contribution in [1.29, 1.82) is 0 Å². The lowest BCUT2D eigenvalue weighted by Crippen LogP contribution is -2.30. The lowest BCUT2D eigenvalue weighted by molar-refractivity contribution is -0.167. The third-order valence-electron chi connectivity index (χ3n) is 8.51. The van der Waals surface area contributed by atoms with E-state index in [1.54, 1.807) is 0 Å². The lowest BCUT2D eigenvalue weighted by Gasteiger charge is -2.18. The molecule has 0 bridgehead atoms. The number of rotatable bonds is 36. The topological polar surface area (TPSA) is 78.9 Å². The molecule has 0 aromatic rings. The average Bonchev–Trinajstić information content (AvgIpc) is 3.14. The molecule has 0 saturated carbocycles. The molecule has 296 valence electrons. The van der Waals surface area contributed by atoms with Crippen molar-refractivity contribution in [3.8, 4) is 0 Å². The molecule has 0 aliphatic carbocycles. The number of esters is 3.